The third kappa shape index (κ3) is 2.96. The van der Waals surface area contributed by atoms with E-state index in [1.807, 2.05) is 60.7 Å². The molecule has 1 aromatic heterocycles. The molecule has 6 heteroatoms. The van der Waals surface area contributed by atoms with Crippen LogP contribution in [0.3, 0.4) is 0 Å². The van der Waals surface area contributed by atoms with E-state index in [4.69, 9.17) is 0 Å². The van der Waals surface area contributed by atoms with Crippen LogP contribution in [0.25, 0.3) is 6.08 Å². The summed E-state index contributed by atoms with van der Waals surface area (Å²) in [5, 5.41) is 3.29. The van der Waals surface area contributed by atoms with Crippen LogP contribution in [-0.2, 0) is 6.54 Å². The van der Waals surface area contributed by atoms with Crippen molar-refractivity contribution in [3.63, 3.8) is 0 Å². The molecule has 0 spiro atoms. The highest BCUT2D eigenvalue weighted by atomic mass is 79.9. The van der Waals surface area contributed by atoms with Crippen LogP contribution in [0.5, 0.6) is 0 Å². The van der Waals surface area contributed by atoms with Gasteiger partial charge in [-0.25, -0.2) is 0 Å². The second kappa shape index (κ2) is 6.97. The molecule has 1 atom stereocenters. The quantitative estimate of drug-likeness (QED) is 0.632. The molecule has 5 rings (SSSR count). The number of pyridine rings is 1. The largest absolute Gasteiger partial charge is 0.379 e. The van der Waals surface area contributed by atoms with Crippen molar-refractivity contribution in [2.75, 3.05) is 10.2 Å². The third-order valence-electron chi connectivity index (χ3n) is 5.19. The molecule has 1 aliphatic heterocycles. The van der Waals surface area contributed by atoms with Gasteiger partial charge in [-0.3, -0.25) is 19.5 Å². The summed E-state index contributed by atoms with van der Waals surface area (Å²) >= 11 is 3.45. The lowest BCUT2D eigenvalue weighted by molar-refractivity contribution is 0.0885. The highest BCUT2D eigenvalue weighted by Gasteiger charge is 2.42. The van der Waals surface area contributed by atoms with Crippen molar-refractivity contribution in [3.8, 4) is 0 Å². The van der Waals surface area contributed by atoms with Crippen LogP contribution < -0.4 is 10.2 Å². The fourth-order valence-corrected chi connectivity index (χ4v) is 4.25. The minimum absolute atomic E-state index is 0.0569. The number of halogens is 1. The number of carbonyl (C=O) groups excluding carboxylic acids is 2. The number of fused-ring (bicyclic) bond motifs is 1. The first-order chi connectivity index (χ1) is 14.1. The fourth-order valence-electron chi connectivity index (χ4n) is 3.87. The zero-order valence-corrected chi connectivity index (χ0v) is 16.9. The van der Waals surface area contributed by atoms with Gasteiger partial charge in [0.05, 0.1) is 17.8 Å². The van der Waals surface area contributed by atoms with E-state index >= 15 is 0 Å². The summed E-state index contributed by atoms with van der Waals surface area (Å²) in [7, 11) is 0. The van der Waals surface area contributed by atoms with Crippen molar-refractivity contribution < 1.29 is 9.59 Å². The first-order valence-electron chi connectivity index (χ1n) is 9.26. The second-order valence-electron chi connectivity index (χ2n) is 6.95. The summed E-state index contributed by atoms with van der Waals surface area (Å²) in [6.45, 7) is 0.463. The van der Waals surface area contributed by atoms with E-state index in [-0.39, 0.29) is 11.7 Å². The smallest absolute Gasteiger partial charge is 0.262 e. The lowest BCUT2D eigenvalue weighted by Crippen LogP contribution is -2.50. The van der Waals surface area contributed by atoms with E-state index in [9.17, 15) is 9.59 Å². The Morgan fingerprint density at radius 1 is 1.03 bits per heavy atom. The molecular weight excluding hydrogens is 430 g/mol. The highest BCUT2D eigenvalue weighted by Crippen LogP contribution is 2.38. The Kier molecular flexibility index (Phi) is 4.28. The van der Waals surface area contributed by atoms with Crippen molar-refractivity contribution >= 4 is 45.1 Å². The molecule has 0 saturated carbocycles. The predicted octanol–water partition coefficient (Wildman–Crippen LogP) is 4.69. The van der Waals surface area contributed by atoms with Gasteiger partial charge in [-0.1, -0.05) is 46.3 Å². The average Bonchev–Trinajstić information content (AvgIpc) is 2.73. The number of hydrogen-bond acceptors (Lipinski definition) is 4. The van der Waals surface area contributed by atoms with Gasteiger partial charge in [-0.2, -0.15) is 0 Å². The molecule has 2 aromatic carbocycles. The van der Waals surface area contributed by atoms with Crippen molar-refractivity contribution in [2.45, 2.75) is 12.6 Å². The van der Waals surface area contributed by atoms with Crippen LogP contribution in [0, 0.1) is 0 Å². The van der Waals surface area contributed by atoms with Gasteiger partial charge in [0.15, 0.2) is 5.78 Å². The third-order valence-corrected chi connectivity index (χ3v) is 5.69. The van der Waals surface area contributed by atoms with E-state index in [0.29, 0.717) is 29.0 Å². The molecule has 0 saturated heterocycles. The molecule has 142 valence electrons. The molecule has 3 aromatic rings. The number of carbonyl (C=O) groups is 2. The molecule has 1 aliphatic carbocycles. The molecule has 0 radical (unpaired) electrons. The standard InChI is InChI=1S/C23H16BrN3O2/c24-15-4-3-6-17(12-15)27-19-10-8-14-7-9-18(21(23(27)29)20(14)22(19)28)26-13-16-5-1-2-11-25-16/h1-12,19,26H,13H2. The molecule has 29 heavy (non-hydrogen) atoms. The van der Waals surface area contributed by atoms with Gasteiger partial charge in [0.1, 0.15) is 6.04 Å². The molecular formula is C23H16BrN3O2. The molecule has 2 bridgehead atoms. The molecule has 1 amide bonds. The molecule has 2 heterocycles. The molecule has 2 aliphatic rings. The maximum atomic E-state index is 13.6. The molecule has 1 unspecified atom stereocenters. The zero-order chi connectivity index (χ0) is 20.0. The Balaban J connectivity index is 1.60. The lowest BCUT2D eigenvalue weighted by atomic mass is 9.83. The fraction of sp³-hybridized carbons (Fsp3) is 0.0870. The van der Waals surface area contributed by atoms with E-state index in [1.165, 1.54) is 0 Å². The van der Waals surface area contributed by atoms with Crippen molar-refractivity contribution in [1.29, 1.82) is 0 Å². The SMILES string of the molecule is O=C1c2c3ccc(NCc4ccccn4)c2C(=O)N(c2cccc(Br)c2)C1C=C3. The topological polar surface area (TPSA) is 62.3 Å². The summed E-state index contributed by atoms with van der Waals surface area (Å²) in [6.07, 6.45) is 5.45. The monoisotopic (exact) mass is 445 g/mol. The number of anilines is 2. The normalized spacial score (nSPS) is 16.9. The minimum atomic E-state index is -0.622. The first kappa shape index (κ1) is 17.8. The van der Waals surface area contributed by atoms with Gasteiger partial charge in [-0.05, 0) is 42.0 Å². The van der Waals surface area contributed by atoms with Crippen LogP contribution in [0.4, 0.5) is 11.4 Å². The van der Waals surface area contributed by atoms with Gasteiger partial charge in [-0.15, -0.1) is 0 Å². The minimum Gasteiger partial charge on any atom is -0.379 e. The number of rotatable bonds is 4. The van der Waals surface area contributed by atoms with E-state index in [1.54, 1.807) is 17.2 Å². The highest BCUT2D eigenvalue weighted by molar-refractivity contribution is 9.10. The summed E-state index contributed by atoms with van der Waals surface area (Å²) < 4.78 is 0.850. The van der Waals surface area contributed by atoms with Crippen molar-refractivity contribution in [2.24, 2.45) is 0 Å². The lowest BCUT2D eigenvalue weighted by Gasteiger charge is -2.37. The van der Waals surface area contributed by atoms with Crippen LogP contribution in [0.15, 0.2) is 71.3 Å². The Morgan fingerprint density at radius 2 is 1.93 bits per heavy atom. The van der Waals surface area contributed by atoms with E-state index < -0.39 is 6.04 Å². The number of amides is 1. The van der Waals surface area contributed by atoms with Crippen molar-refractivity contribution in [3.05, 3.63) is 93.7 Å². The predicted molar refractivity (Wildman–Crippen MR) is 116 cm³/mol. The molecule has 5 nitrogen and oxygen atoms in total. The summed E-state index contributed by atoms with van der Waals surface area (Å²) in [5.74, 6) is -0.240. The van der Waals surface area contributed by atoms with Gasteiger partial charge >= 0.3 is 0 Å². The van der Waals surface area contributed by atoms with Gasteiger partial charge < -0.3 is 5.32 Å². The average molecular weight is 446 g/mol. The van der Waals surface area contributed by atoms with Crippen molar-refractivity contribution in [1.82, 2.24) is 4.98 Å². The summed E-state index contributed by atoms with van der Waals surface area (Å²) in [6, 6.07) is 16.2. The van der Waals surface area contributed by atoms with E-state index in [0.717, 1.165) is 15.7 Å². The summed E-state index contributed by atoms with van der Waals surface area (Å²) in [4.78, 5) is 32.7. The maximum absolute atomic E-state index is 13.6. The number of aromatic nitrogens is 1. The number of benzene rings is 2. The van der Waals surface area contributed by atoms with Gasteiger partial charge in [0, 0.05) is 27.6 Å². The molecule has 1 N–H and O–H groups in total. The number of nitrogens with zero attached hydrogens (tertiary/aromatic N) is 2. The number of nitrogens with one attached hydrogen (secondary N) is 1. The summed E-state index contributed by atoms with van der Waals surface area (Å²) in [5.41, 5.74) is 3.88. The Bertz CT molecular complexity index is 1170. The van der Waals surface area contributed by atoms with Crippen LogP contribution in [0.1, 0.15) is 32.0 Å². The van der Waals surface area contributed by atoms with Crippen LogP contribution in [-0.4, -0.2) is 22.7 Å². The first-order valence-corrected chi connectivity index (χ1v) is 10.0. The Morgan fingerprint density at radius 3 is 2.72 bits per heavy atom. The molecule has 0 fully saturated rings. The van der Waals surface area contributed by atoms with Gasteiger partial charge in [0.25, 0.3) is 5.91 Å². The van der Waals surface area contributed by atoms with E-state index in [2.05, 4.69) is 26.2 Å². The maximum Gasteiger partial charge on any atom is 0.262 e. The second-order valence-corrected chi connectivity index (χ2v) is 7.87. The van der Waals surface area contributed by atoms with Gasteiger partial charge in [0.2, 0.25) is 0 Å². The zero-order valence-electron chi connectivity index (χ0n) is 15.3. The number of Topliss-reactive ketones (excluding diaryl/α,β-unsaturated/α-hetero) is 1. The Hall–Kier alpha value is -3.25. The van der Waals surface area contributed by atoms with Crippen LogP contribution in [0.2, 0.25) is 0 Å². The number of hydrogen-bond donors (Lipinski definition) is 1. The van der Waals surface area contributed by atoms with Crippen LogP contribution >= 0.6 is 15.9 Å². The Labute approximate surface area is 176 Å². The number of ketones is 1.